The number of allylic oxidation sites excluding steroid dienone is 3. The van der Waals surface area contributed by atoms with E-state index >= 15 is 0 Å². The van der Waals surface area contributed by atoms with Crippen LogP contribution < -0.4 is 10.2 Å². The number of nitrogens with one attached hydrogen (secondary N) is 1. The fraction of sp³-hybridized carbons (Fsp3) is 0.281. The first-order valence-corrected chi connectivity index (χ1v) is 13.4. The van der Waals surface area contributed by atoms with Gasteiger partial charge < -0.3 is 25.0 Å². The minimum absolute atomic E-state index is 0.0229. The molecule has 208 valence electrons. The van der Waals surface area contributed by atoms with Crippen molar-refractivity contribution < 1.29 is 14.6 Å². The molecule has 3 aromatic rings. The molecule has 40 heavy (non-hydrogen) atoms. The molecule has 0 atom stereocenters. The largest absolute Gasteiger partial charge is 0.507 e. The molecule has 1 amide bonds. The van der Waals surface area contributed by atoms with Gasteiger partial charge in [-0.2, -0.15) is 0 Å². The number of benzene rings is 1. The van der Waals surface area contributed by atoms with Crippen LogP contribution in [0.15, 0.2) is 90.2 Å². The molecule has 8 nitrogen and oxygen atoms in total. The lowest BCUT2D eigenvalue weighted by Gasteiger charge is -2.36. The number of nitrogens with zero attached hydrogens (tertiary/aromatic N) is 4. The summed E-state index contributed by atoms with van der Waals surface area (Å²) in [6.07, 6.45) is 11.2. The third-order valence-electron chi connectivity index (χ3n) is 7.12. The van der Waals surface area contributed by atoms with Crippen molar-refractivity contribution in [3.05, 3.63) is 101 Å². The molecule has 4 rings (SSSR count). The first-order chi connectivity index (χ1) is 19.4. The van der Waals surface area contributed by atoms with Crippen LogP contribution in [0.25, 0.3) is 11.1 Å². The molecule has 1 aliphatic rings. The predicted molar refractivity (Wildman–Crippen MR) is 160 cm³/mol. The Kier molecular flexibility index (Phi) is 9.22. The Bertz CT molecular complexity index is 1440. The Morgan fingerprint density at radius 2 is 1.75 bits per heavy atom. The van der Waals surface area contributed by atoms with E-state index < -0.39 is 0 Å². The second-order valence-electron chi connectivity index (χ2n) is 9.64. The van der Waals surface area contributed by atoms with E-state index in [9.17, 15) is 9.90 Å². The maximum absolute atomic E-state index is 13.4. The minimum atomic E-state index is -0.173. The first-order valence-electron chi connectivity index (χ1n) is 13.4. The van der Waals surface area contributed by atoms with Crippen molar-refractivity contribution in [2.75, 3.05) is 43.5 Å². The highest BCUT2D eigenvalue weighted by Crippen LogP contribution is 2.29. The zero-order chi connectivity index (χ0) is 28.6. The number of pyridine rings is 2. The Labute approximate surface area is 236 Å². The van der Waals surface area contributed by atoms with E-state index in [4.69, 9.17) is 4.74 Å². The number of aryl methyl sites for hydroxylation is 1. The predicted octanol–water partition coefficient (Wildman–Crippen LogP) is 5.93. The van der Waals surface area contributed by atoms with Crippen LogP contribution in [0.4, 0.5) is 11.5 Å². The van der Waals surface area contributed by atoms with Gasteiger partial charge in [-0.15, -0.1) is 0 Å². The molecule has 2 aromatic heterocycles. The molecule has 0 aliphatic carbocycles. The molecule has 0 saturated carbocycles. The first kappa shape index (κ1) is 28.4. The Balaban J connectivity index is 1.48. The highest BCUT2D eigenvalue weighted by molar-refractivity contribution is 5.98. The van der Waals surface area contributed by atoms with E-state index in [1.165, 1.54) is 0 Å². The molecule has 0 spiro atoms. The summed E-state index contributed by atoms with van der Waals surface area (Å²) in [5.74, 6) is 1.35. The maximum atomic E-state index is 13.4. The van der Waals surface area contributed by atoms with Crippen LogP contribution in [0.1, 0.15) is 36.7 Å². The van der Waals surface area contributed by atoms with E-state index in [-0.39, 0.29) is 11.7 Å². The average molecular weight is 540 g/mol. The van der Waals surface area contributed by atoms with Crippen LogP contribution in [0.5, 0.6) is 5.75 Å². The molecule has 1 fully saturated rings. The SMILES string of the molecule is C/C=C(C(/C)=C/Nc1ncc(-c2ccc(O)c(C(=O)N3CCN(c4ccncc4)CC3)c2)cc1C)\C(=C/C)OC. The van der Waals surface area contributed by atoms with Crippen molar-refractivity contribution >= 4 is 17.4 Å². The third kappa shape index (κ3) is 6.34. The Hall–Kier alpha value is -4.59. The lowest BCUT2D eigenvalue weighted by Crippen LogP contribution is -2.48. The number of rotatable bonds is 8. The molecule has 1 aliphatic heterocycles. The number of aromatic nitrogens is 2. The van der Waals surface area contributed by atoms with Gasteiger partial charge in [0.15, 0.2) is 0 Å². The van der Waals surface area contributed by atoms with E-state index in [1.807, 2.05) is 70.3 Å². The molecule has 0 radical (unpaired) electrons. The van der Waals surface area contributed by atoms with Gasteiger partial charge in [-0.3, -0.25) is 9.78 Å². The highest BCUT2D eigenvalue weighted by atomic mass is 16.5. The van der Waals surface area contributed by atoms with Crippen LogP contribution in [0, 0.1) is 6.92 Å². The molecule has 2 N–H and O–H groups in total. The van der Waals surface area contributed by atoms with Gasteiger partial charge in [0.2, 0.25) is 0 Å². The molecule has 1 aromatic carbocycles. The van der Waals surface area contributed by atoms with E-state index in [0.29, 0.717) is 18.7 Å². The Morgan fingerprint density at radius 3 is 2.38 bits per heavy atom. The van der Waals surface area contributed by atoms with Crippen molar-refractivity contribution in [2.24, 2.45) is 0 Å². The van der Waals surface area contributed by atoms with Crippen molar-refractivity contribution in [3.63, 3.8) is 0 Å². The lowest BCUT2D eigenvalue weighted by atomic mass is 10.0. The molecular formula is C32H37N5O3. The number of amides is 1. The number of phenolic OH excluding ortho intramolecular Hbond substituents is 1. The Morgan fingerprint density at radius 1 is 1.02 bits per heavy atom. The van der Waals surface area contributed by atoms with Gasteiger partial charge in [-0.1, -0.05) is 12.1 Å². The smallest absolute Gasteiger partial charge is 0.257 e. The molecule has 8 heteroatoms. The fourth-order valence-corrected chi connectivity index (χ4v) is 4.87. The number of hydrogen-bond donors (Lipinski definition) is 2. The van der Waals surface area contributed by atoms with Crippen LogP contribution >= 0.6 is 0 Å². The second kappa shape index (κ2) is 13.0. The number of phenols is 1. The maximum Gasteiger partial charge on any atom is 0.257 e. The fourth-order valence-electron chi connectivity index (χ4n) is 4.87. The van der Waals surface area contributed by atoms with Crippen molar-refractivity contribution in [3.8, 4) is 16.9 Å². The van der Waals surface area contributed by atoms with Gasteiger partial charge in [0.1, 0.15) is 17.3 Å². The van der Waals surface area contributed by atoms with Gasteiger partial charge >= 0.3 is 0 Å². The third-order valence-corrected chi connectivity index (χ3v) is 7.12. The zero-order valence-corrected chi connectivity index (χ0v) is 23.8. The van der Waals surface area contributed by atoms with Crippen molar-refractivity contribution in [1.82, 2.24) is 14.9 Å². The lowest BCUT2D eigenvalue weighted by molar-refractivity contribution is 0.0744. The highest BCUT2D eigenvalue weighted by Gasteiger charge is 2.24. The normalized spacial score (nSPS) is 14.8. The van der Waals surface area contributed by atoms with E-state index in [2.05, 4.69) is 20.2 Å². The second-order valence-corrected chi connectivity index (χ2v) is 9.64. The molecule has 0 bridgehead atoms. The van der Waals surface area contributed by atoms with Crippen molar-refractivity contribution in [2.45, 2.75) is 27.7 Å². The standard InChI is InChI=1S/C32H37N5O3/c1-6-27(30(7-2)40-5)23(4)20-34-31-22(3)18-25(21-35-31)24-8-9-29(38)28(19-24)32(39)37-16-14-36(15-17-37)26-10-12-33-13-11-26/h6-13,18-21,38H,14-17H2,1-5H3,(H,34,35)/b23-20+,27-6-,30-7+. The number of carbonyl (C=O) groups excluding carboxylic acids is 1. The quantitative estimate of drug-likeness (QED) is 0.271. The van der Waals surface area contributed by atoms with Gasteiger partial charge in [0.05, 0.1) is 12.7 Å². The van der Waals surface area contributed by atoms with Gasteiger partial charge in [0, 0.05) is 67.8 Å². The number of carbonyl (C=O) groups is 1. The van der Waals surface area contributed by atoms with Crippen LogP contribution in [-0.4, -0.2) is 59.2 Å². The minimum Gasteiger partial charge on any atom is -0.507 e. The number of anilines is 2. The summed E-state index contributed by atoms with van der Waals surface area (Å²) in [7, 11) is 1.66. The summed E-state index contributed by atoms with van der Waals surface area (Å²) in [5.41, 5.74) is 6.06. The summed E-state index contributed by atoms with van der Waals surface area (Å²) in [4.78, 5) is 26.1. The number of aromatic hydroxyl groups is 1. The topological polar surface area (TPSA) is 90.8 Å². The zero-order valence-electron chi connectivity index (χ0n) is 23.8. The molecule has 0 unspecified atom stereocenters. The average Bonchev–Trinajstić information content (AvgIpc) is 2.99. The van der Waals surface area contributed by atoms with Gasteiger partial charge in [-0.25, -0.2) is 4.98 Å². The summed E-state index contributed by atoms with van der Waals surface area (Å²) in [6, 6.07) is 11.1. The van der Waals surface area contributed by atoms with Crippen molar-refractivity contribution in [1.29, 1.82) is 0 Å². The van der Waals surface area contributed by atoms with Crippen LogP contribution in [0.2, 0.25) is 0 Å². The summed E-state index contributed by atoms with van der Waals surface area (Å²) < 4.78 is 5.47. The number of piperazine rings is 1. The molecule has 1 saturated heterocycles. The van der Waals surface area contributed by atoms with Crippen LogP contribution in [0.3, 0.4) is 0 Å². The summed E-state index contributed by atoms with van der Waals surface area (Å²) in [5, 5.41) is 13.9. The number of hydrogen-bond acceptors (Lipinski definition) is 7. The van der Waals surface area contributed by atoms with Crippen LogP contribution in [-0.2, 0) is 4.74 Å². The van der Waals surface area contributed by atoms with E-state index in [1.54, 1.807) is 42.7 Å². The molecule has 3 heterocycles. The molecular weight excluding hydrogens is 502 g/mol. The monoisotopic (exact) mass is 539 g/mol. The van der Waals surface area contributed by atoms with Gasteiger partial charge in [-0.05, 0) is 80.8 Å². The summed E-state index contributed by atoms with van der Waals surface area (Å²) in [6.45, 7) is 10.5. The summed E-state index contributed by atoms with van der Waals surface area (Å²) >= 11 is 0. The number of methoxy groups -OCH3 is 1. The van der Waals surface area contributed by atoms with E-state index in [0.717, 1.165) is 58.2 Å². The number of ether oxygens (including phenoxy) is 1. The van der Waals surface area contributed by atoms with Gasteiger partial charge in [0.25, 0.3) is 5.91 Å².